The van der Waals surface area contributed by atoms with Gasteiger partial charge in [0.15, 0.2) is 0 Å². The number of carbonyl (C=O) groups excluding carboxylic acids is 1. The quantitative estimate of drug-likeness (QED) is 0.113. The van der Waals surface area contributed by atoms with Crippen molar-refractivity contribution in [2.75, 3.05) is 12.0 Å². The second-order valence-corrected chi connectivity index (χ2v) is 11.5. The molecule has 0 atom stereocenters. The Morgan fingerprint density at radius 2 is 1.93 bits per heavy atom. The summed E-state index contributed by atoms with van der Waals surface area (Å²) in [7, 11) is -3.59. The topological polar surface area (TPSA) is 122 Å². The molecule has 0 saturated heterocycles. The molecule has 152 valence electrons. The molecule has 3 rings (SSSR count). The second kappa shape index (κ2) is 8.70. The third kappa shape index (κ3) is 4.55. The van der Waals surface area contributed by atoms with Crippen LogP contribution in [0.2, 0.25) is 0 Å². The second-order valence-electron chi connectivity index (χ2n) is 6.06. The molecule has 0 aliphatic rings. The lowest BCUT2D eigenvalue weighted by atomic mass is 10.2. The number of thioether (sulfide) groups is 1. The lowest BCUT2D eigenvalue weighted by Gasteiger charge is -2.26. The SMILES string of the molecule is CSc1sc(C(=N)N)cc1[SH](=O)(NC(=O)c1cccc(N)c1)c1cccc(Br)c1. The molecule has 0 saturated carbocycles. The molecule has 3 aromatic rings. The van der Waals surface area contributed by atoms with E-state index in [9.17, 15) is 9.00 Å². The highest BCUT2D eigenvalue weighted by atomic mass is 79.9. The average molecular weight is 511 g/mol. The first-order chi connectivity index (χ1) is 13.7. The fourth-order valence-corrected chi connectivity index (χ4v) is 8.18. The number of nitrogens with one attached hydrogen (secondary N) is 2. The van der Waals surface area contributed by atoms with Gasteiger partial charge in [0.2, 0.25) is 0 Å². The number of carbonyl (C=O) groups is 1. The third-order valence-corrected chi connectivity index (χ3v) is 9.70. The van der Waals surface area contributed by atoms with Crippen LogP contribution in [0.4, 0.5) is 5.69 Å². The van der Waals surface area contributed by atoms with Crippen LogP contribution in [0.15, 0.2) is 73.1 Å². The molecule has 0 spiro atoms. The van der Waals surface area contributed by atoms with Gasteiger partial charge in [-0.25, -0.2) is 0 Å². The minimum atomic E-state index is -3.59. The van der Waals surface area contributed by atoms with Crippen LogP contribution < -0.4 is 16.2 Å². The summed E-state index contributed by atoms with van der Waals surface area (Å²) in [5, 5.41) is 7.74. The summed E-state index contributed by atoms with van der Waals surface area (Å²) in [5.74, 6) is -0.609. The van der Waals surface area contributed by atoms with Crippen LogP contribution in [0, 0.1) is 5.41 Å². The fourth-order valence-electron chi connectivity index (χ4n) is 2.69. The summed E-state index contributed by atoms with van der Waals surface area (Å²) < 4.78 is 18.6. The molecule has 2 aromatic carbocycles. The van der Waals surface area contributed by atoms with Gasteiger partial charge in [0.25, 0.3) is 5.91 Å². The van der Waals surface area contributed by atoms with E-state index in [1.165, 1.54) is 29.2 Å². The van der Waals surface area contributed by atoms with E-state index in [-0.39, 0.29) is 5.84 Å². The molecular weight excluding hydrogens is 492 g/mol. The number of amidine groups is 1. The zero-order chi connectivity index (χ0) is 21.2. The molecule has 10 heteroatoms. The van der Waals surface area contributed by atoms with Gasteiger partial charge >= 0.3 is 0 Å². The monoisotopic (exact) mass is 510 g/mol. The van der Waals surface area contributed by atoms with Gasteiger partial charge in [-0.1, -0.05) is 28.1 Å². The Kier molecular flexibility index (Phi) is 6.47. The van der Waals surface area contributed by atoms with Crippen molar-refractivity contribution >= 4 is 66.6 Å². The van der Waals surface area contributed by atoms with Crippen LogP contribution in [0.5, 0.6) is 0 Å². The van der Waals surface area contributed by atoms with E-state index < -0.39 is 16.0 Å². The Labute approximate surface area is 186 Å². The van der Waals surface area contributed by atoms with E-state index in [1.807, 2.05) is 12.3 Å². The highest BCUT2D eigenvalue weighted by Gasteiger charge is 2.29. The van der Waals surface area contributed by atoms with Crippen LogP contribution in [-0.2, 0) is 10.1 Å². The van der Waals surface area contributed by atoms with E-state index in [0.29, 0.717) is 25.9 Å². The van der Waals surface area contributed by atoms with Crippen LogP contribution in [0.3, 0.4) is 0 Å². The van der Waals surface area contributed by atoms with E-state index >= 15 is 0 Å². The first-order valence-electron chi connectivity index (χ1n) is 8.31. The number of nitrogens with two attached hydrogens (primary N) is 2. The average Bonchev–Trinajstić information content (AvgIpc) is 3.13. The molecule has 6 N–H and O–H groups in total. The summed E-state index contributed by atoms with van der Waals surface area (Å²) in [6.07, 6.45) is 1.85. The maximum absolute atomic E-state index is 14.4. The maximum atomic E-state index is 14.4. The van der Waals surface area contributed by atoms with Gasteiger partial charge in [0.1, 0.15) is 5.84 Å². The van der Waals surface area contributed by atoms with Crippen molar-refractivity contribution in [3.05, 3.63) is 69.5 Å². The zero-order valence-corrected chi connectivity index (χ0v) is 19.4. The number of amides is 1. The van der Waals surface area contributed by atoms with Crippen LogP contribution in [0.1, 0.15) is 15.2 Å². The number of hydrogen-bond acceptors (Lipinski definition) is 6. The first kappa shape index (κ1) is 21.6. The summed E-state index contributed by atoms with van der Waals surface area (Å²) in [6.45, 7) is 0. The van der Waals surface area contributed by atoms with E-state index in [4.69, 9.17) is 16.9 Å². The fraction of sp³-hybridized carbons (Fsp3) is 0.0526. The van der Waals surface area contributed by atoms with Crippen LogP contribution in [-0.4, -0.2) is 22.2 Å². The molecule has 0 fully saturated rings. The normalized spacial score (nSPS) is 11.8. The first-order valence-corrected chi connectivity index (χ1v) is 12.9. The third-order valence-electron chi connectivity index (χ3n) is 4.05. The van der Waals surface area contributed by atoms with E-state index in [1.54, 1.807) is 42.5 Å². The molecule has 0 radical (unpaired) electrons. The van der Waals surface area contributed by atoms with Gasteiger partial charge < -0.3 is 11.5 Å². The van der Waals surface area contributed by atoms with Gasteiger partial charge in [-0.3, -0.25) is 19.1 Å². The molecule has 1 amide bonds. The molecule has 0 bridgehead atoms. The lowest BCUT2D eigenvalue weighted by molar-refractivity contribution is 0.0982. The predicted molar refractivity (Wildman–Crippen MR) is 126 cm³/mol. The lowest BCUT2D eigenvalue weighted by Crippen LogP contribution is -2.37. The largest absolute Gasteiger partial charge is 0.399 e. The highest BCUT2D eigenvalue weighted by Crippen LogP contribution is 2.40. The molecule has 1 aromatic heterocycles. The predicted octanol–water partition coefficient (Wildman–Crippen LogP) is 3.88. The van der Waals surface area contributed by atoms with Gasteiger partial charge in [-0.05, 0) is 48.7 Å². The number of halogens is 1. The van der Waals surface area contributed by atoms with Crippen molar-refractivity contribution in [3.63, 3.8) is 0 Å². The van der Waals surface area contributed by atoms with Crippen molar-refractivity contribution in [2.45, 2.75) is 14.0 Å². The van der Waals surface area contributed by atoms with Crippen molar-refractivity contribution < 1.29 is 9.00 Å². The van der Waals surface area contributed by atoms with Crippen molar-refractivity contribution in [2.24, 2.45) is 5.73 Å². The summed E-state index contributed by atoms with van der Waals surface area (Å²) in [5.41, 5.74) is 12.2. The summed E-state index contributed by atoms with van der Waals surface area (Å²) in [4.78, 5) is 14.4. The molecule has 0 unspecified atom stereocenters. The van der Waals surface area contributed by atoms with Crippen LogP contribution in [0.25, 0.3) is 0 Å². The van der Waals surface area contributed by atoms with Gasteiger partial charge in [-0.15, -0.1) is 23.1 Å². The number of anilines is 1. The van der Waals surface area contributed by atoms with E-state index in [0.717, 1.165) is 8.68 Å². The summed E-state index contributed by atoms with van der Waals surface area (Å²) in [6, 6.07) is 15.1. The minimum absolute atomic E-state index is 0.112. The Hall–Kier alpha value is -2.14. The maximum Gasteiger partial charge on any atom is 0.261 e. The molecule has 29 heavy (non-hydrogen) atoms. The Balaban J connectivity index is 2.17. The summed E-state index contributed by atoms with van der Waals surface area (Å²) >= 11 is 6.08. The van der Waals surface area contributed by atoms with Gasteiger partial charge in [0.05, 0.1) is 14.0 Å². The van der Waals surface area contributed by atoms with Crippen molar-refractivity contribution in [1.82, 2.24) is 4.72 Å². The Morgan fingerprint density at radius 1 is 1.21 bits per heavy atom. The number of benzene rings is 2. The highest BCUT2D eigenvalue weighted by molar-refractivity contribution is 9.10. The number of thiophene rings is 1. The standard InChI is InChI=1S/C19H19BrN4O2S3/c1-27-19-16(10-15(28-19)17(22)23)29(26,14-7-3-5-12(20)9-14)24-18(25)11-4-2-6-13(21)8-11/h2-10,29H,21H2,1H3,(H3,22,23)(H,24,25,26). The smallest absolute Gasteiger partial charge is 0.261 e. The van der Waals surface area contributed by atoms with Crippen molar-refractivity contribution in [1.29, 1.82) is 5.41 Å². The van der Waals surface area contributed by atoms with E-state index in [2.05, 4.69) is 20.7 Å². The number of rotatable bonds is 6. The Bertz CT molecular complexity index is 1150. The molecular formula is C19H19BrN4O2S3. The Morgan fingerprint density at radius 3 is 2.55 bits per heavy atom. The zero-order valence-electron chi connectivity index (χ0n) is 15.3. The minimum Gasteiger partial charge on any atom is -0.399 e. The van der Waals surface area contributed by atoms with Gasteiger partial charge in [0, 0.05) is 30.7 Å². The van der Waals surface area contributed by atoms with Crippen LogP contribution >= 0.6 is 39.0 Å². The molecule has 0 aliphatic heterocycles. The number of nitrogen functional groups attached to an aromatic ring is 2. The van der Waals surface area contributed by atoms with Gasteiger partial charge in [-0.2, -0.15) is 0 Å². The molecule has 0 aliphatic carbocycles. The molecule has 1 heterocycles. The molecule has 6 nitrogen and oxygen atoms in total. The number of thiol groups is 1. The number of hydrogen-bond donors (Lipinski definition) is 5. The van der Waals surface area contributed by atoms with Crippen molar-refractivity contribution in [3.8, 4) is 0 Å².